The molecule has 0 aliphatic carbocycles. The second-order valence-corrected chi connectivity index (χ2v) is 11.6. The minimum atomic E-state index is -1.11. The lowest BCUT2D eigenvalue weighted by molar-refractivity contribution is -0.133. The standard InChI is InChI=1S/C30H41N5O7/c1-19(2)13-22(26(36)30(3)18-41-30)31-27(37)23(14-20-9-6-5-7-10-20)32-29(39)25(17-40-4)33-28(38)24-15-21(42-34-24)16-35-11-8-12-35/h5-7,9-10,15,19,22-23,25H,8,11-14,16-18H2,1-4H3,(H,31,37)(H,32,39)(H,33,38)/t22-,23-,25-,30-/m0/s1. The number of ether oxygens (including phenoxy) is 2. The monoisotopic (exact) mass is 583 g/mol. The number of rotatable bonds is 16. The van der Waals surface area contributed by atoms with Gasteiger partial charge in [0.15, 0.2) is 17.2 Å². The largest absolute Gasteiger partial charge is 0.382 e. The minimum absolute atomic E-state index is 0.0452. The number of nitrogens with one attached hydrogen (secondary N) is 3. The van der Waals surface area contributed by atoms with Crippen LogP contribution in [0.25, 0.3) is 0 Å². The van der Waals surface area contributed by atoms with Crippen LogP contribution in [-0.2, 0) is 36.8 Å². The number of nitrogens with zero attached hydrogens (tertiary/aromatic N) is 2. The van der Waals surface area contributed by atoms with E-state index in [2.05, 4.69) is 26.0 Å². The van der Waals surface area contributed by atoms with Crippen molar-refractivity contribution in [2.45, 2.75) is 70.3 Å². The molecule has 1 aromatic heterocycles. The first-order chi connectivity index (χ1) is 20.1. The van der Waals surface area contributed by atoms with E-state index in [0.717, 1.165) is 25.1 Å². The molecule has 2 aliphatic rings. The van der Waals surface area contributed by atoms with Gasteiger partial charge in [0.25, 0.3) is 5.91 Å². The van der Waals surface area contributed by atoms with Crippen molar-refractivity contribution in [1.82, 2.24) is 26.0 Å². The van der Waals surface area contributed by atoms with Crippen LogP contribution in [0, 0.1) is 5.92 Å². The van der Waals surface area contributed by atoms with Crippen LogP contribution in [0.3, 0.4) is 0 Å². The summed E-state index contributed by atoms with van der Waals surface area (Å²) in [5.41, 5.74) is -0.0505. The SMILES string of the molecule is COC[C@H](NC(=O)c1cc(CN2CCC2)on1)C(=O)N[C@@H](Cc1ccccc1)C(=O)N[C@@H](CC(C)C)C(=O)[C@]1(C)CO1. The zero-order valence-electron chi connectivity index (χ0n) is 24.7. The predicted molar refractivity (Wildman–Crippen MR) is 152 cm³/mol. The molecule has 0 spiro atoms. The van der Waals surface area contributed by atoms with E-state index in [-0.39, 0.29) is 30.4 Å². The first-order valence-electron chi connectivity index (χ1n) is 14.4. The fourth-order valence-corrected chi connectivity index (χ4v) is 4.76. The maximum absolute atomic E-state index is 13.6. The van der Waals surface area contributed by atoms with Gasteiger partial charge in [-0.3, -0.25) is 24.1 Å². The summed E-state index contributed by atoms with van der Waals surface area (Å²) in [5.74, 6) is -1.23. The molecular weight excluding hydrogens is 542 g/mol. The Balaban J connectivity index is 1.46. The molecule has 1 aromatic carbocycles. The Kier molecular flexibility index (Phi) is 10.5. The van der Waals surface area contributed by atoms with E-state index in [9.17, 15) is 19.2 Å². The lowest BCUT2D eigenvalue weighted by Crippen LogP contribution is -2.58. The minimum Gasteiger partial charge on any atom is -0.382 e. The van der Waals surface area contributed by atoms with Gasteiger partial charge in [-0.25, -0.2) is 0 Å². The number of ketones is 1. The van der Waals surface area contributed by atoms with Crippen molar-refractivity contribution < 1.29 is 33.2 Å². The van der Waals surface area contributed by atoms with Crippen LogP contribution in [0.5, 0.6) is 0 Å². The van der Waals surface area contributed by atoms with E-state index in [1.165, 1.54) is 7.11 Å². The van der Waals surface area contributed by atoms with Gasteiger partial charge in [0.1, 0.15) is 17.7 Å². The number of amides is 3. The Hall–Kier alpha value is -3.61. The van der Waals surface area contributed by atoms with Crippen molar-refractivity contribution in [2.24, 2.45) is 5.92 Å². The molecule has 0 radical (unpaired) electrons. The number of epoxide rings is 1. The van der Waals surface area contributed by atoms with Gasteiger partial charge in [-0.1, -0.05) is 49.3 Å². The molecule has 2 saturated heterocycles. The Morgan fingerprint density at radius 3 is 2.29 bits per heavy atom. The van der Waals surface area contributed by atoms with Gasteiger partial charge in [0, 0.05) is 19.6 Å². The third kappa shape index (κ3) is 8.46. The third-order valence-corrected chi connectivity index (χ3v) is 7.43. The van der Waals surface area contributed by atoms with E-state index < -0.39 is 41.4 Å². The highest BCUT2D eigenvalue weighted by Gasteiger charge is 2.50. The number of benzene rings is 1. The average Bonchev–Trinajstić information content (AvgIpc) is 3.51. The van der Waals surface area contributed by atoms with Gasteiger partial charge < -0.3 is 29.9 Å². The van der Waals surface area contributed by atoms with E-state index in [1.54, 1.807) is 13.0 Å². The average molecular weight is 584 g/mol. The number of likely N-dealkylation sites (tertiary alicyclic amines) is 1. The van der Waals surface area contributed by atoms with Crippen molar-refractivity contribution in [2.75, 3.05) is 33.4 Å². The molecule has 2 fully saturated rings. The lowest BCUT2D eigenvalue weighted by Gasteiger charge is -2.29. The van der Waals surface area contributed by atoms with Crippen LogP contribution in [0.4, 0.5) is 0 Å². The Bertz CT molecular complexity index is 1240. The van der Waals surface area contributed by atoms with Crippen molar-refractivity contribution in [3.63, 3.8) is 0 Å². The zero-order valence-corrected chi connectivity index (χ0v) is 24.7. The molecule has 42 heavy (non-hydrogen) atoms. The van der Waals surface area contributed by atoms with Gasteiger partial charge in [-0.2, -0.15) is 0 Å². The highest BCUT2D eigenvalue weighted by atomic mass is 16.6. The highest BCUT2D eigenvalue weighted by Crippen LogP contribution is 2.29. The summed E-state index contributed by atoms with van der Waals surface area (Å²) in [7, 11) is 1.41. The van der Waals surface area contributed by atoms with Crippen LogP contribution in [-0.4, -0.2) is 90.7 Å². The molecule has 0 unspecified atom stereocenters. The summed E-state index contributed by atoms with van der Waals surface area (Å²) in [6, 6.07) is 7.86. The molecule has 228 valence electrons. The number of aromatic nitrogens is 1. The van der Waals surface area contributed by atoms with Crippen LogP contribution >= 0.6 is 0 Å². The van der Waals surface area contributed by atoms with E-state index in [1.807, 2.05) is 44.2 Å². The fourth-order valence-electron chi connectivity index (χ4n) is 4.76. The summed E-state index contributed by atoms with van der Waals surface area (Å²) in [6.07, 6.45) is 1.72. The first-order valence-corrected chi connectivity index (χ1v) is 14.4. The molecule has 4 rings (SSSR count). The maximum Gasteiger partial charge on any atom is 0.274 e. The van der Waals surface area contributed by atoms with Crippen LogP contribution in [0.1, 0.15) is 55.4 Å². The first kappa shape index (κ1) is 31.3. The Morgan fingerprint density at radius 2 is 1.69 bits per heavy atom. The van der Waals surface area contributed by atoms with Crippen molar-refractivity contribution in [1.29, 1.82) is 0 Å². The van der Waals surface area contributed by atoms with E-state index in [4.69, 9.17) is 14.0 Å². The van der Waals surface area contributed by atoms with Gasteiger partial charge in [-0.15, -0.1) is 0 Å². The maximum atomic E-state index is 13.6. The molecule has 3 N–H and O–H groups in total. The van der Waals surface area contributed by atoms with Crippen LogP contribution in [0.15, 0.2) is 40.9 Å². The summed E-state index contributed by atoms with van der Waals surface area (Å²) in [5, 5.41) is 12.1. The number of carbonyl (C=O) groups is 4. The van der Waals surface area contributed by atoms with Gasteiger partial charge in [-0.05, 0) is 44.3 Å². The summed E-state index contributed by atoms with van der Waals surface area (Å²) in [4.78, 5) is 55.3. The topological polar surface area (TPSA) is 155 Å². The second-order valence-electron chi connectivity index (χ2n) is 11.6. The molecule has 2 aromatic rings. The zero-order chi connectivity index (χ0) is 30.3. The molecule has 0 saturated carbocycles. The van der Waals surface area contributed by atoms with Gasteiger partial charge >= 0.3 is 0 Å². The van der Waals surface area contributed by atoms with E-state index in [0.29, 0.717) is 25.3 Å². The Morgan fingerprint density at radius 1 is 1.02 bits per heavy atom. The van der Waals surface area contributed by atoms with Crippen molar-refractivity contribution in [3.8, 4) is 0 Å². The molecular formula is C30H41N5O7. The van der Waals surface area contributed by atoms with E-state index >= 15 is 0 Å². The summed E-state index contributed by atoms with van der Waals surface area (Å²) in [6.45, 7) is 8.30. The molecule has 12 nitrogen and oxygen atoms in total. The number of methoxy groups -OCH3 is 1. The number of hydrogen-bond acceptors (Lipinski definition) is 9. The molecule has 3 amide bonds. The molecule has 0 bridgehead atoms. The fraction of sp³-hybridized carbons (Fsp3) is 0.567. The number of Topliss-reactive ketones (excluding diaryl/α,β-unsaturated/α-hetero) is 1. The van der Waals surface area contributed by atoms with Gasteiger partial charge in [0.05, 0.1) is 25.8 Å². The summed E-state index contributed by atoms with van der Waals surface area (Å²) >= 11 is 0. The Labute approximate surface area is 245 Å². The number of hydrogen-bond donors (Lipinski definition) is 3. The highest BCUT2D eigenvalue weighted by molar-refractivity contribution is 5.99. The van der Waals surface area contributed by atoms with Crippen LogP contribution in [0.2, 0.25) is 0 Å². The van der Waals surface area contributed by atoms with Crippen LogP contribution < -0.4 is 16.0 Å². The summed E-state index contributed by atoms with van der Waals surface area (Å²) < 4.78 is 15.8. The molecule has 2 aliphatic heterocycles. The lowest BCUT2D eigenvalue weighted by atomic mass is 9.93. The normalized spacial score (nSPS) is 20.2. The molecule has 4 atom stereocenters. The smallest absolute Gasteiger partial charge is 0.274 e. The molecule has 12 heteroatoms. The van der Waals surface area contributed by atoms with Gasteiger partial charge in [0.2, 0.25) is 11.8 Å². The van der Waals surface area contributed by atoms with Crippen molar-refractivity contribution >= 4 is 23.5 Å². The number of carbonyl (C=O) groups excluding carboxylic acids is 4. The predicted octanol–water partition coefficient (Wildman–Crippen LogP) is 1.24. The second kappa shape index (κ2) is 14.0. The van der Waals surface area contributed by atoms with Crippen molar-refractivity contribution in [3.05, 3.63) is 53.4 Å². The molecule has 3 heterocycles. The quantitative estimate of drug-likeness (QED) is 0.248. The third-order valence-electron chi connectivity index (χ3n) is 7.43.